The summed E-state index contributed by atoms with van der Waals surface area (Å²) < 4.78 is 17.9. The molecule has 0 N–H and O–H groups in total. The summed E-state index contributed by atoms with van der Waals surface area (Å²) in [5.74, 6) is 0. The number of rotatable bonds is 26. The highest BCUT2D eigenvalue weighted by Gasteiger charge is 2.38. The molecule has 0 fully saturated rings. The predicted octanol–water partition coefficient (Wildman–Crippen LogP) is 5.77. The molecule has 0 aliphatic carbocycles. The van der Waals surface area contributed by atoms with Gasteiger partial charge in [0.25, 0.3) is 0 Å². The summed E-state index contributed by atoms with van der Waals surface area (Å²) in [5, 5.41) is 0. The maximum absolute atomic E-state index is 5.59. The summed E-state index contributed by atoms with van der Waals surface area (Å²) in [6, 6.07) is 1.61. The van der Waals surface area contributed by atoms with E-state index in [1.807, 2.05) is 0 Å². The first-order chi connectivity index (χ1) is 16.4. The molecule has 0 bridgehead atoms. The minimum absolute atomic E-state index is 0. The van der Waals surface area contributed by atoms with Crippen LogP contribution in [0.4, 0.5) is 0 Å². The molecule has 1 unspecified atom stereocenters. The van der Waals surface area contributed by atoms with Gasteiger partial charge in [-0.05, 0) is 32.1 Å². The van der Waals surface area contributed by atoms with E-state index in [0.29, 0.717) is 6.04 Å². The van der Waals surface area contributed by atoms with Gasteiger partial charge in [0.1, 0.15) is 0 Å². The Labute approximate surface area is 228 Å². The van der Waals surface area contributed by atoms with Crippen LogP contribution in [0.15, 0.2) is 0 Å². The molecule has 0 aromatic heterocycles. The smallest absolute Gasteiger partial charge is 0.500 e. The van der Waals surface area contributed by atoms with Gasteiger partial charge in [0, 0.05) is 27.4 Å². The SMILES string of the molecule is CCCCCCCCCCCCCCCCCC[N+](C)(C)C(CC)CCC[Si](OC)(OC)OC.[Cl-]. The van der Waals surface area contributed by atoms with Crippen LogP contribution in [0.5, 0.6) is 0 Å². The number of halogens is 1. The monoisotopic (exact) mass is 537 g/mol. The maximum Gasteiger partial charge on any atom is 0.500 e. The highest BCUT2D eigenvalue weighted by molar-refractivity contribution is 6.60. The van der Waals surface area contributed by atoms with Crippen LogP contribution in [0.1, 0.15) is 136 Å². The van der Waals surface area contributed by atoms with Gasteiger partial charge in [-0.1, -0.05) is 104 Å². The van der Waals surface area contributed by atoms with Crippen molar-refractivity contribution >= 4 is 8.80 Å². The number of quaternary nitrogens is 1. The van der Waals surface area contributed by atoms with Crippen LogP contribution >= 0.6 is 0 Å². The third-order valence-corrected chi connectivity index (χ3v) is 10.8. The van der Waals surface area contributed by atoms with Crippen LogP contribution in [-0.2, 0) is 13.3 Å². The quantitative estimate of drug-likeness (QED) is 0.0796. The third kappa shape index (κ3) is 19.1. The zero-order valence-electron chi connectivity index (χ0n) is 25.0. The first-order valence-electron chi connectivity index (χ1n) is 14.9. The third-order valence-electron chi connectivity index (χ3n) is 8.00. The lowest BCUT2D eigenvalue weighted by atomic mass is 10.0. The van der Waals surface area contributed by atoms with Crippen molar-refractivity contribution in [1.82, 2.24) is 0 Å². The Morgan fingerprint density at radius 3 is 1.29 bits per heavy atom. The molecule has 1 atom stereocenters. The number of unbranched alkanes of at least 4 members (excludes halogenated alkanes) is 15. The second-order valence-corrected chi connectivity index (χ2v) is 14.1. The van der Waals surface area contributed by atoms with Crippen molar-refractivity contribution in [2.24, 2.45) is 0 Å². The maximum atomic E-state index is 5.59. The molecule has 6 heteroatoms. The molecule has 4 nitrogen and oxygen atoms in total. The van der Waals surface area contributed by atoms with Gasteiger partial charge in [-0.2, -0.15) is 0 Å². The molecule has 214 valence electrons. The van der Waals surface area contributed by atoms with Crippen molar-refractivity contribution in [2.75, 3.05) is 42.0 Å². The van der Waals surface area contributed by atoms with Crippen molar-refractivity contribution in [3.8, 4) is 0 Å². The Kier molecular flexibility index (Phi) is 26.4. The molecule has 0 saturated carbocycles. The molecule has 0 aromatic carbocycles. The van der Waals surface area contributed by atoms with Gasteiger partial charge in [-0.25, -0.2) is 0 Å². The molecule has 0 heterocycles. The normalized spacial score (nSPS) is 13.1. The van der Waals surface area contributed by atoms with Crippen molar-refractivity contribution in [2.45, 2.75) is 148 Å². The van der Waals surface area contributed by atoms with Gasteiger partial charge >= 0.3 is 8.80 Å². The lowest BCUT2D eigenvalue weighted by Crippen LogP contribution is -3.00. The second-order valence-electron chi connectivity index (χ2n) is 11.1. The summed E-state index contributed by atoms with van der Waals surface area (Å²) in [4.78, 5) is 0. The van der Waals surface area contributed by atoms with E-state index in [1.165, 1.54) is 122 Å². The average Bonchev–Trinajstić information content (AvgIpc) is 2.84. The molecule has 0 amide bonds. The molecule has 0 aliphatic rings. The van der Waals surface area contributed by atoms with Gasteiger partial charge in [0.05, 0.1) is 26.7 Å². The van der Waals surface area contributed by atoms with Crippen LogP contribution in [0.2, 0.25) is 6.04 Å². The fraction of sp³-hybridized carbons (Fsp3) is 1.00. The molecule has 0 saturated heterocycles. The topological polar surface area (TPSA) is 27.7 Å². The Morgan fingerprint density at radius 2 is 0.943 bits per heavy atom. The average molecular weight is 538 g/mol. The molecule has 35 heavy (non-hydrogen) atoms. The lowest BCUT2D eigenvalue weighted by Gasteiger charge is -2.38. The summed E-state index contributed by atoms with van der Waals surface area (Å²) in [5.41, 5.74) is 0. The molecule has 0 aliphatic heterocycles. The van der Waals surface area contributed by atoms with E-state index in [-0.39, 0.29) is 12.4 Å². The van der Waals surface area contributed by atoms with Crippen LogP contribution in [0.25, 0.3) is 0 Å². The van der Waals surface area contributed by atoms with E-state index in [4.69, 9.17) is 13.3 Å². The van der Waals surface area contributed by atoms with Crippen molar-refractivity contribution in [1.29, 1.82) is 0 Å². The Hall–Kier alpha value is 0.347. The Bertz CT molecular complexity index is 428. The molecule has 0 radical (unpaired) electrons. The highest BCUT2D eigenvalue weighted by atomic mass is 35.5. The minimum atomic E-state index is -2.43. The molecular weight excluding hydrogens is 474 g/mol. The van der Waals surface area contributed by atoms with Gasteiger partial charge in [-0.15, -0.1) is 0 Å². The molecule has 0 rings (SSSR count). The van der Waals surface area contributed by atoms with Gasteiger partial charge in [0.15, 0.2) is 0 Å². The molecule has 0 spiro atoms. The van der Waals surface area contributed by atoms with Crippen LogP contribution in [0, 0.1) is 0 Å². The van der Waals surface area contributed by atoms with Crippen LogP contribution < -0.4 is 12.4 Å². The fourth-order valence-corrected chi connectivity index (χ4v) is 7.16. The summed E-state index contributed by atoms with van der Waals surface area (Å²) in [7, 11) is 7.57. The van der Waals surface area contributed by atoms with Gasteiger partial charge in [-0.3, -0.25) is 0 Å². The van der Waals surface area contributed by atoms with E-state index in [0.717, 1.165) is 16.9 Å². The summed E-state index contributed by atoms with van der Waals surface area (Å²) >= 11 is 0. The zero-order valence-corrected chi connectivity index (χ0v) is 26.7. The van der Waals surface area contributed by atoms with Crippen molar-refractivity contribution in [3.63, 3.8) is 0 Å². The van der Waals surface area contributed by atoms with E-state index < -0.39 is 8.80 Å². The largest absolute Gasteiger partial charge is 1.00 e. The lowest BCUT2D eigenvalue weighted by molar-refractivity contribution is -0.915. The Morgan fingerprint density at radius 1 is 0.571 bits per heavy atom. The first kappa shape index (κ1) is 37.5. The number of hydrogen-bond donors (Lipinski definition) is 0. The standard InChI is InChI=1S/C29H64NO3Si.ClH/c1-8-10-11-12-13-14-15-16-17-18-19-20-21-22-23-24-27-30(3,4)29(9-2)26-25-28-34(31-5,32-6)33-7;/h29H,8-28H2,1-7H3;1H/q+1;/p-1. The highest BCUT2D eigenvalue weighted by Crippen LogP contribution is 2.23. The molecule has 0 aromatic rings. The molecular formula is C29H64ClNO3Si. The van der Waals surface area contributed by atoms with Crippen LogP contribution in [0.3, 0.4) is 0 Å². The van der Waals surface area contributed by atoms with E-state index in [9.17, 15) is 0 Å². The number of hydrogen-bond acceptors (Lipinski definition) is 3. The first-order valence-corrected chi connectivity index (χ1v) is 16.8. The predicted molar refractivity (Wildman–Crippen MR) is 151 cm³/mol. The van der Waals surface area contributed by atoms with Crippen molar-refractivity contribution in [3.05, 3.63) is 0 Å². The van der Waals surface area contributed by atoms with Gasteiger partial charge < -0.3 is 30.2 Å². The zero-order chi connectivity index (χ0) is 25.5. The number of nitrogens with zero attached hydrogens (tertiary/aromatic N) is 1. The van der Waals surface area contributed by atoms with E-state index in [1.54, 1.807) is 21.3 Å². The fourth-order valence-electron chi connectivity index (χ4n) is 5.41. The van der Waals surface area contributed by atoms with E-state index in [2.05, 4.69) is 27.9 Å². The summed E-state index contributed by atoms with van der Waals surface area (Å²) in [6.45, 7) is 5.93. The summed E-state index contributed by atoms with van der Waals surface area (Å²) in [6.07, 6.45) is 26.5. The van der Waals surface area contributed by atoms with Crippen molar-refractivity contribution < 1.29 is 30.2 Å². The minimum Gasteiger partial charge on any atom is -1.00 e. The van der Waals surface area contributed by atoms with Crippen LogP contribution in [-0.4, -0.2) is 61.3 Å². The second kappa shape index (κ2) is 24.7. The van der Waals surface area contributed by atoms with E-state index >= 15 is 0 Å². The van der Waals surface area contributed by atoms with Gasteiger partial charge in [0.2, 0.25) is 0 Å². The Balaban J connectivity index is 0.